The van der Waals surface area contributed by atoms with Gasteiger partial charge < -0.3 is 34.7 Å². The Hall–Kier alpha value is -5.91. The maximum absolute atomic E-state index is 13.7. The molecule has 4 aliphatic heterocycles. The van der Waals surface area contributed by atoms with Gasteiger partial charge in [-0.2, -0.15) is 0 Å². The smallest absolute Gasteiger partial charge is 0.334 e. The normalized spacial score (nSPS) is 26.1. The highest BCUT2D eigenvalue weighted by Crippen LogP contribution is 2.52. The van der Waals surface area contributed by atoms with Crippen molar-refractivity contribution < 1.29 is 38.8 Å². The van der Waals surface area contributed by atoms with Gasteiger partial charge in [-0.1, -0.05) is 31.7 Å². The number of hydrogen-bond donors (Lipinski definition) is 4. The van der Waals surface area contributed by atoms with Gasteiger partial charge in [0.05, 0.1) is 54.1 Å². The van der Waals surface area contributed by atoms with E-state index in [1.807, 2.05) is 45.1 Å². The molecule has 1 aliphatic carbocycles. The van der Waals surface area contributed by atoms with Crippen LogP contribution in [-0.2, 0) is 35.2 Å². The lowest BCUT2D eigenvalue weighted by atomic mass is 9.63. The zero-order chi connectivity index (χ0) is 37.6. The minimum absolute atomic E-state index is 0.0257. The molecule has 0 amide bonds. The van der Waals surface area contributed by atoms with Gasteiger partial charge in [-0.25, -0.2) is 9.79 Å². The number of hydrogen-bond acceptors (Lipinski definition) is 10. The molecule has 5 aliphatic rings. The number of aliphatic hydroxyl groups is 1. The number of allylic oxidation sites excluding steroid dienone is 7. The summed E-state index contributed by atoms with van der Waals surface area (Å²) < 4.78 is 15.9. The van der Waals surface area contributed by atoms with E-state index in [2.05, 4.69) is 30.4 Å². The number of carboxylic acid groups (broad SMARTS) is 1. The number of carbonyl (C=O) groups excluding carboxylic acids is 2. The highest BCUT2D eigenvalue weighted by Gasteiger charge is 2.55. The second-order valence-electron chi connectivity index (χ2n) is 13.5. The fourth-order valence-corrected chi connectivity index (χ4v) is 7.71. The van der Waals surface area contributed by atoms with Crippen LogP contribution in [0.4, 0.5) is 0 Å². The van der Waals surface area contributed by atoms with Crippen molar-refractivity contribution in [2.45, 2.75) is 53.2 Å². The number of aliphatic imine (C=N–C) groups is 2. The second kappa shape index (κ2) is 13.7. The molecule has 0 aromatic carbocycles. The molecule has 4 atom stereocenters. The molecule has 12 nitrogen and oxygen atoms in total. The van der Waals surface area contributed by atoms with Crippen LogP contribution in [0.15, 0.2) is 104 Å². The molecule has 1 aromatic heterocycles. The lowest BCUT2D eigenvalue weighted by molar-refractivity contribution is -0.149. The van der Waals surface area contributed by atoms with Gasteiger partial charge in [-0.15, -0.1) is 0 Å². The number of aliphatic hydroxyl groups excluding tert-OH is 1. The van der Waals surface area contributed by atoms with E-state index in [4.69, 9.17) is 24.2 Å². The molecule has 5 heterocycles. The quantitative estimate of drug-likeness (QED) is 0.217. The van der Waals surface area contributed by atoms with Crippen molar-refractivity contribution in [3.63, 3.8) is 0 Å². The minimum atomic E-state index is -1.18. The molecule has 270 valence electrons. The third kappa shape index (κ3) is 5.97. The van der Waals surface area contributed by atoms with Crippen LogP contribution < -0.4 is 16.0 Å². The van der Waals surface area contributed by atoms with Gasteiger partial charge in [0.1, 0.15) is 12.5 Å². The molecule has 1 aromatic rings. The average Bonchev–Trinajstić information content (AvgIpc) is 3.76. The van der Waals surface area contributed by atoms with E-state index in [0.29, 0.717) is 51.1 Å². The number of nitrogens with zero attached hydrogens (tertiary/aromatic N) is 2. The molecule has 6 rings (SSSR count). The molecule has 0 radical (unpaired) electrons. The molecular weight excluding hydrogens is 664 g/mol. The van der Waals surface area contributed by atoms with E-state index in [1.165, 1.54) is 14.2 Å². The fraction of sp³-hybridized carbons (Fsp3) is 0.325. The van der Waals surface area contributed by atoms with Gasteiger partial charge in [0.15, 0.2) is 0 Å². The summed E-state index contributed by atoms with van der Waals surface area (Å²) in [5.74, 6) is -3.81. The van der Waals surface area contributed by atoms with E-state index < -0.39 is 35.2 Å². The first-order valence-corrected chi connectivity index (χ1v) is 16.9. The summed E-state index contributed by atoms with van der Waals surface area (Å²) in [6.45, 7) is 15.3. The molecule has 12 heteroatoms. The first kappa shape index (κ1) is 35.9. The van der Waals surface area contributed by atoms with E-state index in [1.54, 1.807) is 18.2 Å². The summed E-state index contributed by atoms with van der Waals surface area (Å²) in [5.41, 5.74) is 6.95. The standard InChI is InChI=1S/C40H42N4O8/c1-9-23-19(2)29-15-34-27-12-10-25(38(48)50-7)37(39(49)51-8)40(27,6)35(44-34)17-30-21(4)26(18-52-22(5)45)33(43-30)16-32-24(11-13-36(46)47)20(3)28(42-32)14-31(23)41-29/h9-10,12,14-17,20,28,37,42-43,45H,1,5,11,13,18H2,2-4,6-8H3,(H,46,47)/b30-17?,31-14-,33-16-,34-15?/t20?,28?,37-,40+/m0/s1. The number of methoxy groups -OCH3 is 2. The topological polar surface area (TPSA) is 172 Å². The molecule has 0 spiro atoms. The number of aliphatic carboxylic acids is 1. The summed E-state index contributed by atoms with van der Waals surface area (Å²) >= 11 is 0. The monoisotopic (exact) mass is 706 g/mol. The molecule has 0 saturated carbocycles. The van der Waals surface area contributed by atoms with Crippen LogP contribution in [-0.4, -0.2) is 64.8 Å². The Morgan fingerprint density at radius 2 is 1.79 bits per heavy atom. The highest BCUT2D eigenvalue weighted by atomic mass is 16.6. The molecule has 0 saturated heterocycles. The maximum Gasteiger partial charge on any atom is 0.334 e. The van der Waals surface area contributed by atoms with Crippen LogP contribution in [0, 0.1) is 24.2 Å². The van der Waals surface area contributed by atoms with Crippen molar-refractivity contribution in [2.24, 2.45) is 27.2 Å². The maximum atomic E-state index is 13.7. The van der Waals surface area contributed by atoms with Crippen LogP contribution >= 0.6 is 0 Å². The summed E-state index contributed by atoms with van der Waals surface area (Å²) in [7, 11) is 2.54. The van der Waals surface area contributed by atoms with E-state index in [0.717, 1.165) is 28.0 Å². The van der Waals surface area contributed by atoms with E-state index in [9.17, 15) is 24.6 Å². The molecule has 8 bridgehead atoms. The van der Waals surface area contributed by atoms with Gasteiger partial charge in [-0.3, -0.25) is 14.6 Å². The minimum Gasteiger partial charge on any atom is -0.481 e. The Labute approximate surface area is 301 Å². The zero-order valence-electron chi connectivity index (χ0n) is 30.0. The number of carbonyl (C=O) groups is 3. The highest BCUT2D eigenvalue weighted by molar-refractivity contribution is 6.22. The molecule has 2 unspecified atom stereocenters. The van der Waals surface area contributed by atoms with Crippen molar-refractivity contribution in [2.75, 3.05) is 14.2 Å². The number of H-pyrrole nitrogens is 1. The van der Waals surface area contributed by atoms with Gasteiger partial charge in [0, 0.05) is 39.9 Å². The number of aromatic amines is 1. The van der Waals surface area contributed by atoms with Gasteiger partial charge in [0.2, 0.25) is 0 Å². The Balaban J connectivity index is 1.69. The van der Waals surface area contributed by atoms with Crippen molar-refractivity contribution in [3.05, 3.63) is 116 Å². The van der Waals surface area contributed by atoms with Gasteiger partial charge in [0.25, 0.3) is 5.95 Å². The Bertz CT molecular complexity index is 2220. The summed E-state index contributed by atoms with van der Waals surface area (Å²) in [6, 6.07) is -0.224. The molecular formula is C40H42N4O8. The number of carboxylic acids is 1. The second-order valence-corrected chi connectivity index (χ2v) is 13.5. The van der Waals surface area contributed by atoms with Crippen LogP contribution in [0.3, 0.4) is 0 Å². The van der Waals surface area contributed by atoms with Gasteiger partial charge >= 0.3 is 17.9 Å². The number of fused-ring (bicyclic) bond motifs is 9. The zero-order valence-corrected chi connectivity index (χ0v) is 30.0. The fourth-order valence-electron chi connectivity index (χ4n) is 7.71. The van der Waals surface area contributed by atoms with Crippen molar-refractivity contribution in [1.82, 2.24) is 10.3 Å². The molecule has 0 fully saturated rings. The predicted molar refractivity (Wildman–Crippen MR) is 196 cm³/mol. The number of rotatable bonds is 9. The summed E-state index contributed by atoms with van der Waals surface area (Å²) in [5, 5.41) is 24.4. The van der Waals surface area contributed by atoms with Crippen molar-refractivity contribution in [3.8, 4) is 0 Å². The number of nitrogens with one attached hydrogen (secondary N) is 2. The Morgan fingerprint density at radius 1 is 1.04 bits per heavy atom. The number of esters is 2. The van der Waals surface area contributed by atoms with Crippen LogP contribution in [0.25, 0.3) is 12.2 Å². The van der Waals surface area contributed by atoms with Crippen molar-refractivity contribution in [1.29, 1.82) is 0 Å². The van der Waals surface area contributed by atoms with Gasteiger partial charge in [-0.05, 0) is 80.4 Å². The SMILES string of the molecule is C=CC1=C(C)C2=N/C1=C\C1NC(=C(CCC(=O)O)C1C)/C=c1\[nH]c(c(C)c1COC(=C)O)=CC1=NC(=C2)C2=CC=C(C(=O)OC)[C@@H](C(=O)OC)[C@]21C. The largest absolute Gasteiger partial charge is 0.481 e. The van der Waals surface area contributed by atoms with Crippen molar-refractivity contribution >= 4 is 41.5 Å². The first-order chi connectivity index (χ1) is 24.7. The van der Waals surface area contributed by atoms with E-state index >= 15 is 0 Å². The van der Waals surface area contributed by atoms with E-state index in [-0.39, 0.29) is 30.6 Å². The summed E-state index contributed by atoms with van der Waals surface area (Å²) in [4.78, 5) is 52.1. The third-order valence-electron chi connectivity index (χ3n) is 10.7. The molecule has 52 heavy (non-hydrogen) atoms. The molecule has 4 N–H and O–H groups in total. The first-order valence-electron chi connectivity index (χ1n) is 16.9. The number of aromatic nitrogens is 1. The third-order valence-corrected chi connectivity index (χ3v) is 10.7. The number of ether oxygens (including phenoxy) is 3. The van der Waals surface area contributed by atoms with Crippen LogP contribution in [0.5, 0.6) is 0 Å². The van der Waals surface area contributed by atoms with Crippen LogP contribution in [0.1, 0.15) is 44.7 Å². The summed E-state index contributed by atoms with van der Waals surface area (Å²) in [6.07, 6.45) is 13.1. The lowest BCUT2D eigenvalue weighted by Crippen LogP contribution is -2.44. The lowest BCUT2D eigenvalue weighted by Gasteiger charge is -2.37. The van der Waals surface area contributed by atoms with Crippen LogP contribution in [0.2, 0.25) is 0 Å². The Morgan fingerprint density at radius 3 is 2.44 bits per heavy atom. The predicted octanol–water partition coefficient (Wildman–Crippen LogP) is 4.18. The Kier molecular flexibility index (Phi) is 9.43. The average molecular weight is 707 g/mol.